The van der Waals surface area contributed by atoms with Gasteiger partial charge in [0.1, 0.15) is 6.54 Å². The van der Waals surface area contributed by atoms with Gasteiger partial charge in [0.2, 0.25) is 5.91 Å². The molecule has 3 aromatic rings. The standard InChI is InChI=1S/C23H27N3O7/c1-5-31-18-10-7-15(11-20(18)32-6-2)22(14(3)4)24-21(27)13-25-17-9-8-16(26(29)30)12-19(17)33-23(25)28/h7-12,14,22H,5-6,13H2,1-4H3,(H,24,27). The molecule has 0 saturated carbocycles. The molecule has 1 aromatic heterocycles. The fraction of sp³-hybridized carbons (Fsp3) is 0.391. The first-order valence-corrected chi connectivity index (χ1v) is 10.7. The summed E-state index contributed by atoms with van der Waals surface area (Å²) in [5, 5.41) is 13.9. The van der Waals surface area contributed by atoms with Crippen LogP contribution in [0.15, 0.2) is 45.6 Å². The van der Waals surface area contributed by atoms with Gasteiger partial charge in [-0.15, -0.1) is 0 Å². The number of nitrogens with zero attached hydrogens (tertiary/aromatic N) is 2. The minimum atomic E-state index is -0.763. The zero-order chi connectivity index (χ0) is 24.1. The highest BCUT2D eigenvalue weighted by molar-refractivity contribution is 5.81. The molecule has 33 heavy (non-hydrogen) atoms. The normalized spacial score (nSPS) is 12.0. The monoisotopic (exact) mass is 457 g/mol. The summed E-state index contributed by atoms with van der Waals surface area (Å²) in [7, 11) is 0. The number of ether oxygens (including phenoxy) is 2. The number of hydrogen-bond donors (Lipinski definition) is 1. The molecule has 0 spiro atoms. The van der Waals surface area contributed by atoms with Crippen LogP contribution in [0.25, 0.3) is 11.1 Å². The molecule has 1 N–H and O–H groups in total. The molecule has 0 fully saturated rings. The Morgan fingerprint density at radius 1 is 1.12 bits per heavy atom. The Bertz CT molecular complexity index is 1210. The lowest BCUT2D eigenvalue weighted by atomic mass is 9.95. The second kappa shape index (κ2) is 10.2. The van der Waals surface area contributed by atoms with Crippen molar-refractivity contribution in [3.05, 3.63) is 62.6 Å². The fourth-order valence-corrected chi connectivity index (χ4v) is 3.58. The minimum absolute atomic E-state index is 0.0434. The molecule has 0 saturated heterocycles. The number of benzene rings is 2. The topological polar surface area (TPSA) is 126 Å². The molecule has 10 nitrogen and oxygen atoms in total. The third-order valence-corrected chi connectivity index (χ3v) is 5.07. The average Bonchev–Trinajstić information content (AvgIpc) is 3.07. The van der Waals surface area contributed by atoms with Crippen LogP contribution in [0.1, 0.15) is 39.3 Å². The predicted molar refractivity (Wildman–Crippen MR) is 122 cm³/mol. The predicted octanol–water partition coefficient (Wildman–Crippen LogP) is 3.81. The number of amides is 1. The Balaban J connectivity index is 1.84. The highest BCUT2D eigenvalue weighted by Crippen LogP contribution is 2.33. The van der Waals surface area contributed by atoms with Crippen LogP contribution in [0.2, 0.25) is 0 Å². The van der Waals surface area contributed by atoms with Gasteiger partial charge in [0.15, 0.2) is 17.1 Å². The lowest BCUT2D eigenvalue weighted by molar-refractivity contribution is -0.384. The van der Waals surface area contributed by atoms with E-state index >= 15 is 0 Å². The van der Waals surface area contributed by atoms with Crippen LogP contribution in [0.4, 0.5) is 5.69 Å². The molecule has 10 heteroatoms. The second-order valence-corrected chi connectivity index (χ2v) is 7.72. The highest BCUT2D eigenvalue weighted by atomic mass is 16.6. The van der Waals surface area contributed by atoms with Crippen molar-refractivity contribution in [2.75, 3.05) is 13.2 Å². The van der Waals surface area contributed by atoms with E-state index in [4.69, 9.17) is 13.9 Å². The summed E-state index contributed by atoms with van der Waals surface area (Å²) in [6, 6.07) is 9.00. The van der Waals surface area contributed by atoms with Crippen LogP contribution >= 0.6 is 0 Å². The van der Waals surface area contributed by atoms with Crippen molar-refractivity contribution in [3.8, 4) is 11.5 Å². The molecule has 1 unspecified atom stereocenters. The largest absolute Gasteiger partial charge is 0.490 e. The molecule has 0 aliphatic rings. The molecule has 0 radical (unpaired) electrons. The summed E-state index contributed by atoms with van der Waals surface area (Å²) in [6.07, 6.45) is 0. The molecule has 1 amide bonds. The summed E-state index contributed by atoms with van der Waals surface area (Å²) < 4.78 is 17.6. The Morgan fingerprint density at radius 2 is 1.82 bits per heavy atom. The van der Waals surface area contributed by atoms with Gasteiger partial charge in [-0.2, -0.15) is 0 Å². The highest BCUT2D eigenvalue weighted by Gasteiger charge is 2.22. The molecule has 1 heterocycles. The van der Waals surface area contributed by atoms with E-state index in [-0.39, 0.29) is 29.8 Å². The van der Waals surface area contributed by atoms with Crippen molar-refractivity contribution >= 4 is 22.7 Å². The number of hydrogen-bond acceptors (Lipinski definition) is 7. The number of carbonyl (C=O) groups is 1. The summed E-state index contributed by atoms with van der Waals surface area (Å²) in [4.78, 5) is 35.5. The van der Waals surface area contributed by atoms with Gasteiger partial charge in [-0.05, 0) is 43.5 Å². The summed E-state index contributed by atoms with van der Waals surface area (Å²) >= 11 is 0. The number of nitrogens with one attached hydrogen (secondary N) is 1. The van der Waals surface area contributed by atoms with Gasteiger partial charge in [-0.3, -0.25) is 19.5 Å². The number of rotatable bonds is 10. The zero-order valence-electron chi connectivity index (χ0n) is 19.0. The lowest BCUT2D eigenvalue weighted by Crippen LogP contribution is -2.35. The third kappa shape index (κ3) is 5.33. The maximum Gasteiger partial charge on any atom is 0.420 e. The molecule has 1 atom stereocenters. The van der Waals surface area contributed by atoms with E-state index in [0.717, 1.165) is 16.2 Å². The Morgan fingerprint density at radius 3 is 2.45 bits per heavy atom. The molecular formula is C23H27N3O7. The first-order valence-electron chi connectivity index (χ1n) is 10.7. The smallest absolute Gasteiger partial charge is 0.420 e. The van der Waals surface area contributed by atoms with E-state index < -0.39 is 16.6 Å². The molecule has 2 aromatic carbocycles. The van der Waals surface area contributed by atoms with Gasteiger partial charge < -0.3 is 19.2 Å². The van der Waals surface area contributed by atoms with Gasteiger partial charge in [0, 0.05) is 6.07 Å². The van der Waals surface area contributed by atoms with Gasteiger partial charge in [-0.1, -0.05) is 19.9 Å². The van der Waals surface area contributed by atoms with E-state index in [1.807, 2.05) is 45.9 Å². The number of non-ortho nitro benzene ring substituents is 1. The molecule has 176 valence electrons. The van der Waals surface area contributed by atoms with Crippen LogP contribution in [-0.2, 0) is 11.3 Å². The summed E-state index contributed by atoms with van der Waals surface area (Å²) in [5.74, 6) is 0.102. The first kappa shape index (κ1) is 23.8. The molecule has 0 bridgehead atoms. The minimum Gasteiger partial charge on any atom is -0.490 e. The fourth-order valence-electron chi connectivity index (χ4n) is 3.58. The maximum atomic E-state index is 12.9. The summed E-state index contributed by atoms with van der Waals surface area (Å²) in [6.45, 7) is 8.40. The van der Waals surface area contributed by atoms with Gasteiger partial charge in [0.25, 0.3) is 5.69 Å². The second-order valence-electron chi connectivity index (χ2n) is 7.72. The van der Waals surface area contributed by atoms with Crippen LogP contribution in [-0.4, -0.2) is 28.6 Å². The number of aromatic nitrogens is 1. The van der Waals surface area contributed by atoms with E-state index in [0.29, 0.717) is 30.2 Å². The Labute approximate surface area is 190 Å². The number of carbonyl (C=O) groups excluding carboxylic acids is 1. The maximum absolute atomic E-state index is 12.9. The van der Waals surface area contributed by atoms with E-state index in [2.05, 4.69) is 5.32 Å². The quantitative estimate of drug-likeness (QED) is 0.362. The summed E-state index contributed by atoms with van der Waals surface area (Å²) in [5.41, 5.74) is 0.996. The van der Waals surface area contributed by atoms with E-state index in [1.165, 1.54) is 12.1 Å². The SMILES string of the molecule is CCOc1ccc(C(NC(=O)Cn2c(=O)oc3cc([N+](=O)[O-])ccc32)C(C)C)cc1OCC. The third-order valence-electron chi connectivity index (χ3n) is 5.07. The molecular weight excluding hydrogens is 430 g/mol. The molecule has 0 aliphatic carbocycles. The van der Waals surface area contributed by atoms with Crippen molar-refractivity contribution in [2.24, 2.45) is 5.92 Å². The van der Waals surface area contributed by atoms with Crippen molar-refractivity contribution < 1.29 is 23.6 Å². The van der Waals surface area contributed by atoms with Gasteiger partial charge in [0.05, 0.1) is 35.8 Å². The number of nitro groups is 1. The van der Waals surface area contributed by atoms with Crippen LogP contribution in [0, 0.1) is 16.0 Å². The van der Waals surface area contributed by atoms with Crippen molar-refractivity contribution in [1.29, 1.82) is 0 Å². The molecule has 3 rings (SSSR count). The number of oxazole rings is 1. The first-order chi connectivity index (χ1) is 15.7. The van der Waals surface area contributed by atoms with Crippen LogP contribution in [0.5, 0.6) is 11.5 Å². The Hall–Kier alpha value is -3.82. The Kier molecular flexibility index (Phi) is 7.37. The van der Waals surface area contributed by atoms with E-state index in [9.17, 15) is 19.7 Å². The molecule has 0 aliphatic heterocycles. The van der Waals surface area contributed by atoms with Crippen molar-refractivity contribution in [1.82, 2.24) is 9.88 Å². The lowest BCUT2D eigenvalue weighted by Gasteiger charge is -2.24. The zero-order valence-corrected chi connectivity index (χ0v) is 19.0. The average molecular weight is 457 g/mol. The van der Waals surface area contributed by atoms with Crippen molar-refractivity contribution in [2.45, 2.75) is 40.3 Å². The number of nitro benzene ring substituents is 1. The van der Waals surface area contributed by atoms with Gasteiger partial charge in [-0.25, -0.2) is 4.79 Å². The number of fused-ring (bicyclic) bond motifs is 1. The van der Waals surface area contributed by atoms with E-state index in [1.54, 1.807) is 0 Å². The van der Waals surface area contributed by atoms with Crippen LogP contribution in [0.3, 0.4) is 0 Å². The van der Waals surface area contributed by atoms with Gasteiger partial charge >= 0.3 is 5.76 Å². The van der Waals surface area contributed by atoms with Crippen molar-refractivity contribution in [3.63, 3.8) is 0 Å². The van der Waals surface area contributed by atoms with Crippen LogP contribution < -0.4 is 20.5 Å².